The Morgan fingerprint density at radius 1 is 0.771 bits per heavy atom. The van der Waals surface area contributed by atoms with Gasteiger partial charge >= 0.3 is 0 Å². The Labute approximate surface area is 205 Å². The Kier molecular flexibility index (Phi) is 5.63. The maximum Gasteiger partial charge on any atom is 0.190 e. The molecule has 1 fully saturated rings. The monoisotopic (exact) mass is 457 g/mol. The van der Waals surface area contributed by atoms with E-state index in [0.717, 1.165) is 40.8 Å². The molecule has 6 rings (SSSR count). The molecule has 0 saturated heterocycles. The minimum Gasteiger partial charge on any atom is -0.354 e. The van der Waals surface area contributed by atoms with Crippen LogP contribution in [0.5, 0.6) is 0 Å². The summed E-state index contributed by atoms with van der Waals surface area (Å²) < 4.78 is 5.73. The fraction of sp³-hybridized carbons (Fsp3) is 0.161. The van der Waals surface area contributed by atoms with Gasteiger partial charge in [-0.25, -0.2) is 4.98 Å². The topological polar surface area (TPSA) is 51.0 Å². The van der Waals surface area contributed by atoms with Crippen LogP contribution in [-0.4, -0.2) is 10.1 Å². The highest BCUT2D eigenvalue weighted by Crippen LogP contribution is 2.40. The van der Waals surface area contributed by atoms with Crippen molar-refractivity contribution in [3.05, 3.63) is 120 Å². The van der Waals surface area contributed by atoms with Crippen molar-refractivity contribution in [1.29, 1.82) is 0 Å². The lowest BCUT2D eigenvalue weighted by Gasteiger charge is -2.09. The van der Waals surface area contributed by atoms with Gasteiger partial charge < -0.3 is 9.84 Å². The molecule has 4 nitrogen and oxygen atoms in total. The summed E-state index contributed by atoms with van der Waals surface area (Å²) in [5.41, 5.74) is 8.75. The molecule has 2 aromatic heterocycles. The van der Waals surface area contributed by atoms with Gasteiger partial charge in [0.2, 0.25) is 0 Å². The van der Waals surface area contributed by atoms with Crippen molar-refractivity contribution in [2.45, 2.75) is 32.1 Å². The number of aromatic nitrogens is 2. The summed E-state index contributed by atoms with van der Waals surface area (Å²) in [6.45, 7) is 1.94. The number of hydrogen-bond acceptors (Lipinski definition) is 4. The molecule has 0 atom stereocenters. The van der Waals surface area contributed by atoms with Crippen LogP contribution < -0.4 is 5.32 Å². The van der Waals surface area contributed by atoms with Crippen LogP contribution in [0.15, 0.2) is 102 Å². The molecule has 0 radical (unpaired) electrons. The van der Waals surface area contributed by atoms with E-state index in [9.17, 15) is 0 Å². The summed E-state index contributed by atoms with van der Waals surface area (Å²) in [6, 6.07) is 33.9. The molecule has 0 aliphatic heterocycles. The van der Waals surface area contributed by atoms with Gasteiger partial charge in [-0.05, 0) is 60.1 Å². The van der Waals surface area contributed by atoms with Crippen LogP contribution in [0.1, 0.15) is 41.3 Å². The number of anilines is 2. The highest BCUT2D eigenvalue weighted by molar-refractivity contribution is 5.79. The summed E-state index contributed by atoms with van der Waals surface area (Å²) in [4.78, 5) is 4.82. The average Bonchev–Trinajstić information content (AvgIpc) is 3.69. The predicted octanol–water partition coefficient (Wildman–Crippen LogP) is 7.92. The van der Waals surface area contributed by atoms with E-state index in [1.165, 1.54) is 35.1 Å². The number of rotatable bonds is 7. The van der Waals surface area contributed by atoms with E-state index in [2.05, 4.69) is 89.3 Å². The first-order valence-corrected chi connectivity index (χ1v) is 12.2. The van der Waals surface area contributed by atoms with Crippen LogP contribution in [0, 0.1) is 6.92 Å². The fourth-order valence-corrected chi connectivity index (χ4v) is 4.47. The van der Waals surface area contributed by atoms with E-state index in [1.54, 1.807) is 0 Å². The Morgan fingerprint density at radius 3 is 2.17 bits per heavy atom. The molecule has 0 bridgehead atoms. The highest BCUT2D eigenvalue weighted by Gasteiger charge is 2.23. The van der Waals surface area contributed by atoms with Crippen LogP contribution in [0.25, 0.3) is 22.5 Å². The van der Waals surface area contributed by atoms with Crippen molar-refractivity contribution in [3.63, 3.8) is 0 Å². The lowest BCUT2D eigenvalue weighted by atomic mass is 10.0. The maximum atomic E-state index is 5.73. The van der Waals surface area contributed by atoms with Gasteiger partial charge in [0.25, 0.3) is 0 Å². The van der Waals surface area contributed by atoms with Gasteiger partial charge in [0, 0.05) is 17.7 Å². The van der Waals surface area contributed by atoms with E-state index in [-0.39, 0.29) is 0 Å². The summed E-state index contributed by atoms with van der Waals surface area (Å²) in [5, 5.41) is 7.67. The Hall–Kier alpha value is -4.18. The molecule has 0 amide bonds. The number of aryl methyl sites for hydroxylation is 1. The molecule has 2 heterocycles. The second-order valence-electron chi connectivity index (χ2n) is 9.25. The van der Waals surface area contributed by atoms with Gasteiger partial charge in [-0.2, -0.15) is 0 Å². The van der Waals surface area contributed by atoms with E-state index in [0.29, 0.717) is 5.76 Å². The molecule has 1 aliphatic carbocycles. The molecular weight excluding hydrogens is 430 g/mol. The molecule has 172 valence electrons. The normalized spacial score (nSPS) is 13.1. The van der Waals surface area contributed by atoms with Crippen LogP contribution in [-0.2, 0) is 6.42 Å². The van der Waals surface area contributed by atoms with E-state index < -0.39 is 0 Å². The van der Waals surface area contributed by atoms with Crippen molar-refractivity contribution in [1.82, 2.24) is 10.1 Å². The van der Waals surface area contributed by atoms with Gasteiger partial charge in [-0.15, -0.1) is 0 Å². The minimum atomic E-state index is 0.716. The zero-order chi connectivity index (χ0) is 23.6. The summed E-state index contributed by atoms with van der Waals surface area (Å²) in [6.07, 6.45) is 3.44. The summed E-state index contributed by atoms with van der Waals surface area (Å²) >= 11 is 0. The lowest BCUT2D eigenvalue weighted by molar-refractivity contribution is 0.427. The standard InChI is InChI=1S/C31H27N3O/c1-21-30(33-29-9-5-8-28(32-29)20-22-6-3-2-4-7-22)31(35-34-21)27-18-16-26(17-19-27)25-14-12-24(13-15-25)23-10-11-23/h2-9,12-19,23H,10-11,20H2,1H3,(H,32,33). The van der Waals surface area contributed by atoms with E-state index in [4.69, 9.17) is 9.51 Å². The fourth-order valence-electron chi connectivity index (χ4n) is 4.47. The molecule has 0 unspecified atom stereocenters. The second-order valence-corrected chi connectivity index (χ2v) is 9.25. The van der Waals surface area contributed by atoms with E-state index >= 15 is 0 Å². The summed E-state index contributed by atoms with van der Waals surface area (Å²) in [7, 11) is 0. The number of pyridine rings is 1. The molecule has 1 aliphatic rings. The third-order valence-corrected chi connectivity index (χ3v) is 6.59. The van der Waals surface area contributed by atoms with Crippen LogP contribution in [0.4, 0.5) is 11.5 Å². The third-order valence-electron chi connectivity index (χ3n) is 6.59. The van der Waals surface area contributed by atoms with E-state index in [1.807, 2.05) is 25.1 Å². The highest BCUT2D eigenvalue weighted by atomic mass is 16.5. The Balaban J connectivity index is 1.22. The molecule has 4 heteroatoms. The first-order chi connectivity index (χ1) is 17.2. The van der Waals surface area contributed by atoms with Gasteiger partial charge in [-0.1, -0.05) is 90.1 Å². The average molecular weight is 458 g/mol. The van der Waals surface area contributed by atoms with Gasteiger partial charge in [0.05, 0.1) is 0 Å². The van der Waals surface area contributed by atoms with Crippen molar-refractivity contribution in [2.75, 3.05) is 5.32 Å². The smallest absolute Gasteiger partial charge is 0.190 e. The maximum absolute atomic E-state index is 5.73. The van der Waals surface area contributed by atoms with Crippen LogP contribution in [0.3, 0.4) is 0 Å². The molecule has 35 heavy (non-hydrogen) atoms. The quantitative estimate of drug-likeness (QED) is 0.270. The van der Waals surface area contributed by atoms with Crippen LogP contribution >= 0.6 is 0 Å². The Morgan fingerprint density at radius 2 is 1.46 bits per heavy atom. The molecule has 1 N–H and O–H groups in total. The first kappa shape index (κ1) is 21.4. The molecule has 0 spiro atoms. The number of nitrogens with zero attached hydrogens (tertiary/aromatic N) is 2. The molecular formula is C31H27N3O. The largest absolute Gasteiger partial charge is 0.354 e. The Bertz CT molecular complexity index is 1430. The van der Waals surface area contributed by atoms with Crippen molar-refractivity contribution < 1.29 is 4.52 Å². The second kappa shape index (κ2) is 9.22. The zero-order valence-electron chi connectivity index (χ0n) is 19.7. The molecule has 1 saturated carbocycles. The first-order valence-electron chi connectivity index (χ1n) is 12.2. The van der Waals surface area contributed by atoms with Gasteiger partial charge in [-0.3, -0.25) is 0 Å². The SMILES string of the molecule is Cc1noc(-c2ccc(-c3ccc(C4CC4)cc3)cc2)c1Nc1cccc(Cc2ccccc2)n1. The van der Waals surface area contributed by atoms with Gasteiger partial charge in [0.1, 0.15) is 17.2 Å². The van der Waals surface area contributed by atoms with Crippen molar-refractivity contribution >= 4 is 11.5 Å². The van der Waals surface area contributed by atoms with Crippen molar-refractivity contribution in [2.24, 2.45) is 0 Å². The molecule has 5 aromatic rings. The van der Waals surface area contributed by atoms with Crippen LogP contribution in [0.2, 0.25) is 0 Å². The number of nitrogens with one attached hydrogen (secondary N) is 1. The third kappa shape index (κ3) is 4.73. The van der Waals surface area contributed by atoms with Crippen molar-refractivity contribution in [3.8, 4) is 22.5 Å². The van der Waals surface area contributed by atoms with Gasteiger partial charge in [0.15, 0.2) is 5.76 Å². The summed E-state index contributed by atoms with van der Waals surface area (Å²) in [5.74, 6) is 2.27. The lowest BCUT2D eigenvalue weighted by Crippen LogP contribution is -1.99. The number of benzene rings is 3. The molecule has 3 aromatic carbocycles. The predicted molar refractivity (Wildman–Crippen MR) is 141 cm³/mol. The zero-order valence-corrected chi connectivity index (χ0v) is 19.7. The minimum absolute atomic E-state index is 0.716. The number of hydrogen-bond donors (Lipinski definition) is 1.